The van der Waals surface area contributed by atoms with Gasteiger partial charge in [-0.1, -0.05) is 84.6 Å². The zero-order valence-electron chi connectivity index (χ0n) is 25.6. The molecule has 1 aliphatic rings. The van der Waals surface area contributed by atoms with E-state index >= 15 is 0 Å². The van der Waals surface area contributed by atoms with E-state index < -0.39 is 16.1 Å². The van der Waals surface area contributed by atoms with Gasteiger partial charge in [-0.15, -0.1) is 0 Å². The third kappa shape index (κ3) is 9.22. The van der Waals surface area contributed by atoms with Crippen LogP contribution in [0, 0.1) is 13.8 Å². The number of halogens is 2. The molecule has 0 aromatic heterocycles. The van der Waals surface area contributed by atoms with Gasteiger partial charge < -0.3 is 10.2 Å². The summed E-state index contributed by atoms with van der Waals surface area (Å²) in [5, 5.41) is 3.97. The van der Waals surface area contributed by atoms with Gasteiger partial charge in [0.2, 0.25) is 21.8 Å². The molecule has 1 fully saturated rings. The molecule has 236 valence electrons. The Morgan fingerprint density at radius 1 is 0.932 bits per heavy atom. The van der Waals surface area contributed by atoms with Crippen LogP contribution in [0.5, 0.6) is 0 Å². The Kier molecular flexibility index (Phi) is 11.7. The maximum Gasteiger partial charge on any atom is 0.243 e. The topological polar surface area (TPSA) is 86.8 Å². The van der Waals surface area contributed by atoms with E-state index in [2.05, 4.69) is 5.32 Å². The zero-order valence-corrected chi connectivity index (χ0v) is 27.9. The van der Waals surface area contributed by atoms with Crippen LogP contribution in [0.4, 0.5) is 5.69 Å². The number of hydrogen-bond acceptors (Lipinski definition) is 4. The molecule has 7 nitrogen and oxygen atoms in total. The molecular formula is C34H41Cl2N3O4S. The Morgan fingerprint density at radius 2 is 1.64 bits per heavy atom. The highest BCUT2D eigenvalue weighted by Crippen LogP contribution is 2.27. The molecule has 10 heteroatoms. The number of amides is 2. The van der Waals surface area contributed by atoms with Crippen molar-refractivity contribution in [1.82, 2.24) is 10.2 Å². The predicted octanol–water partition coefficient (Wildman–Crippen LogP) is 6.86. The fraction of sp³-hybridized carbons (Fsp3) is 0.412. The molecule has 0 aliphatic heterocycles. The van der Waals surface area contributed by atoms with Crippen LogP contribution in [0.25, 0.3) is 0 Å². The molecule has 44 heavy (non-hydrogen) atoms. The smallest absolute Gasteiger partial charge is 0.243 e. The van der Waals surface area contributed by atoms with Crippen molar-refractivity contribution < 1.29 is 18.0 Å². The van der Waals surface area contributed by atoms with Gasteiger partial charge in [0.15, 0.2) is 0 Å². The Morgan fingerprint density at radius 3 is 2.30 bits per heavy atom. The van der Waals surface area contributed by atoms with E-state index in [9.17, 15) is 18.0 Å². The highest BCUT2D eigenvalue weighted by Gasteiger charge is 2.32. The average Bonchev–Trinajstić information content (AvgIpc) is 3.49. The van der Waals surface area contributed by atoms with Crippen molar-refractivity contribution in [3.05, 3.63) is 99.0 Å². The number of carbonyl (C=O) groups is 2. The fourth-order valence-electron chi connectivity index (χ4n) is 5.73. The van der Waals surface area contributed by atoms with Gasteiger partial charge in [0.1, 0.15) is 6.04 Å². The van der Waals surface area contributed by atoms with Crippen molar-refractivity contribution in [2.45, 2.75) is 77.4 Å². The summed E-state index contributed by atoms with van der Waals surface area (Å²) in [5.41, 5.74) is 4.06. The van der Waals surface area contributed by atoms with Gasteiger partial charge in [0.05, 0.1) is 22.0 Å². The maximum atomic E-state index is 14.1. The molecule has 1 N–H and O–H groups in total. The second-order valence-electron chi connectivity index (χ2n) is 11.7. The molecule has 0 bridgehead atoms. The lowest BCUT2D eigenvalue weighted by Gasteiger charge is -2.33. The monoisotopic (exact) mass is 657 g/mol. The molecule has 1 aliphatic carbocycles. The highest BCUT2D eigenvalue weighted by atomic mass is 35.5. The van der Waals surface area contributed by atoms with Crippen LogP contribution in [-0.2, 0) is 32.6 Å². The number of nitrogens with one attached hydrogen (secondary N) is 1. The number of carbonyl (C=O) groups excluding carboxylic acids is 2. The second kappa shape index (κ2) is 15.3. The normalized spacial score (nSPS) is 14.3. The van der Waals surface area contributed by atoms with E-state index in [1.54, 1.807) is 23.1 Å². The third-order valence-electron chi connectivity index (χ3n) is 8.10. The predicted molar refractivity (Wildman–Crippen MR) is 179 cm³/mol. The molecule has 3 aromatic rings. The van der Waals surface area contributed by atoms with Crippen LogP contribution in [0.15, 0.2) is 66.7 Å². The second-order valence-corrected chi connectivity index (χ2v) is 14.4. The molecule has 0 radical (unpaired) electrons. The van der Waals surface area contributed by atoms with Gasteiger partial charge >= 0.3 is 0 Å². The molecule has 1 atom stereocenters. The van der Waals surface area contributed by atoms with Crippen molar-refractivity contribution in [3.8, 4) is 0 Å². The van der Waals surface area contributed by atoms with Crippen LogP contribution < -0.4 is 9.62 Å². The summed E-state index contributed by atoms with van der Waals surface area (Å²) in [6.07, 6.45) is 5.82. The van der Waals surface area contributed by atoms with Crippen LogP contribution >= 0.6 is 23.2 Å². The summed E-state index contributed by atoms with van der Waals surface area (Å²) in [6, 6.07) is 19.8. The Bertz CT molecular complexity index is 1560. The average molecular weight is 659 g/mol. The van der Waals surface area contributed by atoms with Crippen molar-refractivity contribution in [1.29, 1.82) is 0 Å². The number of anilines is 1. The summed E-state index contributed by atoms with van der Waals surface area (Å²) in [5.74, 6) is -0.435. The molecule has 1 saturated carbocycles. The van der Waals surface area contributed by atoms with E-state index in [0.717, 1.165) is 47.9 Å². The van der Waals surface area contributed by atoms with Gasteiger partial charge in [-0.05, 0) is 73.6 Å². The number of sulfonamides is 1. The highest BCUT2D eigenvalue weighted by molar-refractivity contribution is 7.92. The van der Waals surface area contributed by atoms with Gasteiger partial charge in [-0.25, -0.2) is 8.42 Å². The van der Waals surface area contributed by atoms with Gasteiger partial charge in [0, 0.05) is 32.0 Å². The molecule has 0 heterocycles. The van der Waals surface area contributed by atoms with Crippen LogP contribution in [0.2, 0.25) is 10.0 Å². The van der Waals surface area contributed by atoms with Gasteiger partial charge in [0.25, 0.3) is 0 Å². The van der Waals surface area contributed by atoms with Crippen molar-refractivity contribution >= 4 is 50.7 Å². The third-order valence-corrected chi connectivity index (χ3v) is 10.0. The first-order valence-corrected chi connectivity index (χ1v) is 17.7. The summed E-state index contributed by atoms with van der Waals surface area (Å²) < 4.78 is 27.0. The molecule has 0 spiro atoms. The van der Waals surface area contributed by atoms with E-state index in [-0.39, 0.29) is 43.8 Å². The molecule has 2 amide bonds. The maximum absolute atomic E-state index is 14.1. The van der Waals surface area contributed by atoms with Crippen molar-refractivity contribution in [2.75, 3.05) is 17.1 Å². The summed E-state index contributed by atoms with van der Waals surface area (Å²) >= 11 is 12.5. The molecular weight excluding hydrogens is 617 g/mol. The van der Waals surface area contributed by atoms with E-state index in [1.807, 2.05) is 62.4 Å². The largest absolute Gasteiger partial charge is 0.352 e. The van der Waals surface area contributed by atoms with E-state index in [0.29, 0.717) is 22.2 Å². The standard InChI is InChI=1S/C34H41Cl2N3O4S/c1-24-15-16-25(2)31(20-24)39(44(3,42)43)19-9-14-33(40)38(23-27-17-18-29(35)30(36)21-27)32(22-26-10-5-4-6-11-26)34(41)37-28-12-7-8-13-28/h4-6,10-11,15-18,20-21,28,32H,7-9,12-14,19,22-23H2,1-3H3,(H,37,41)/t32-/m0/s1. The quantitative estimate of drug-likeness (QED) is 0.218. The molecule has 0 saturated heterocycles. The van der Waals surface area contributed by atoms with Crippen molar-refractivity contribution in [2.24, 2.45) is 0 Å². The van der Waals surface area contributed by atoms with Crippen LogP contribution in [0.3, 0.4) is 0 Å². The van der Waals surface area contributed by atoms with Crippen molar-refractivity contribution in [3.63, 3.8) is 0 Å². The summed E-state index contributed by atoms with van der Waals surface area (Å²) in [6.45, 7) is 4.07. The van der Waals surface area contributed by atoms with E-state index in [4.69, 9.17) is 23.2 Å². The van der Waals surface area contributed by atoms with Gasteiger partial charge in [-0.3, -0.25) is 13.9 Å². The SMILES string of the molecule is Cc1ccc(C)c(N(CCCC(=O)N(Cc2ccc(Cl)c(Cl)c2)[C@@H](Cc2ccccc2)C(=O)NC2CCCC2)S(C)(=O)=O)c1. The minimum absolute atomic E-state index is 0.0558. The lowest BCUT2D eigenvalue weighted by molar-refractivity contribution is -0.141. The molecule has 3 aromatic carbocycles. The first kappa shape index (κ1) is 33.8. The molecule has 0 unspecified atom stereocenters. The first-order valence-electron chi connectivity index (χ1n) is 15.0. The minimum Gasteiger partial charge on any atom is -0.352 e. The number of nitrogens with zero attached hydrogens (tertiary/aromatic N) is 2. The Labute approximate surface area is 271 Å². The summed E-state index contributed by atoms with van der Waals surface area (Å²) in [7, 11) is -3.60. The van der Waals surface area contributed by atoms with Crippen LogP contribution in [0.1, 0.15) is 60.8 Å². The summed E-state index contributed by atoms with van der Waals surface area (Å²) in [4.78, 5) is 29.6. The first-order chi connectivity index (χ1) is 20.9. The Hall–Kier alpha value is -3.07. The van der Waals surface area contributed by atoms with Gasteiger partial charge in [-0.2, -0.15) is 0 Å². The molecule has 4 rings (SSSR count). The lowest BCUT2D eigenvalue weighted by Crippen LogP contribution is -2.52. The number of benzene rings is 3. The Balaban J connectivity index is 1.62. The lowest BCUT2D eigenvalue weighted by atomic mass is 10.0. The number of rotatable bonds is 13. The van der Waals surface area contributed by atoms with Crippen LogP contribution in [-0.4, -0.2) is 50.0 Å². The number of aryl methyl sites for hydroxylation is 2. The fourth-order valence-corrected chi connectivity index (χ4v) is 7.06. The zero-order chi connectivity index (χ0) is 31.9. The number of hydrogen-bond donors (Lipinski definition) is 1. The van der Waals surface area contributed by atoms with E-state index in [1.165, 1.54) is 10.6 Å². The minimum atomic E-state index is -3.60.